The van der Waals surface area contributed by atoms with Crippen molar-refractivity contribution in [3.05, 3.63) is 47.9 Å². The normalized spacial score (nSPS) is 9.95. The minimum absolute atomic E-state index is 0.109. The fourth-order valence-electron chi connectivity index (χ4n) is 1.54. The molecule has 0 aliphatic heterocycles. The summed E-state index contributed by atoms with van der Waals surface area (Å²) in [5.74, 6) is -1.34. The Bertz CT molecular complexity index is 656. The van der Waals surface area contributed by atoms with Gasteiger partial charge >= 0.3 is 5.97 Å². The SMILES string of the molecule is Cc1ccc(OCC(=O)Nc2nccnc2C(=O)O)cc1. The second kappa shape index (κ2) is 6.47. The number of amides is 1. The van der Waals surface area contributed by atoms with Crippen LogP contribution in [0.15, 0.2) is 36.7 Å². The predicted molar refractivity (Wildman–Crippen MR) is 74.3 cm³/mol. The average molecular weight is 287 g/mol. The number of carbonyl (C=O) groups excluding carboxylic acids is 1. The second-order valence-corrected chi connectivity index (χ2v) is 4.21. The molecule has 0 bridgehead atoms. The minimum atomic E-state index is -1.27. The van der Waals surface area contributed by atoms with Crippen molar-refractivity contribution in [2.75, 3.05) is 11.9 Å². The zero-order valence-electron chi connectivity index (χ0n) is 11.2. The molecule has 1 heterocycles. The zero-order valence-corrected chi connectivity index (χ0v) is 11.2. The lowest BCUT2D eigenvalue weighted by Gasteiger charge is -2.08. The Morgan fingerprint density at radius 3 is 2.52 bits per heavy atom. The molecular formula is C14H13N3O4. The topological polar surface area (TPSA) is 101 Å². The summed E-state index contributed by atoms with van der Waals surface area (Å²) in [6.07, 6.45) is 2.53. The van der Waals surface area contributed by atoms with Gasteiger partial charge in [0, 0.05) is 12.4 Å². The summed E-state index contributed by atoms with van der Waals surface area (Å²) < 4.78 is 5.29. The quantitative estimate of drug-likeness (QED) is 0.864. The van der Waals surface area contributed by atoms with Gasteiger partial charge in [-0.2, -0.15) is 0 Å². The molecular weight excluding hydrogens is 274 g/mol. The molecule has 1 aromatic carbocycles. The third kappa shape index (κ3) is 4.00. The van der Waals surface area contributed by atoms with Crippen LogP contribution in [0.5, 0.6) is 5.75 Å². The molecule has 1 aromatic heterocycles. The number of carbonyl (C=O) groups is 2. The van der Waals surface area contributed by atoms with E-state index in [-0.39, 0.29) is 18.1 Å². The second-order valence-electron chi connectivity index (χ2n) is 4.21. The molecule has 108 valence electrons. The fourth-order valence-corrected chi connectivity index (χ4v) is 1.54. The Kier molecular flexibility index (Phi) is 4.45. The molecule has 0 fully saturated rings. The summed E-state index contributed by atoms with van der Waals surface area (Å²) in [4.78, 5) is 30.1. The smallest absolute Gasteiger partial charge is 0.358 e. The van der Waals surface area contributed by atoms with Crippen LogP contribution in [0, 0.1) is 6.92 Å². The van der Waals surface area contributed by atoms with Crippen LogP contribution in [0.2, 0.25) is 0 Å². The molecule has 0 saturated carbocycles. The van der Waals surface area contributed by atoms with E-state index in [0.29, 0.717) is 5.75 Å². The number of carboxylic acid groups (broad SMARTS) is 1. The van der Waals surface area contributed by atoms with Gasteiger partial charge in [-0.25, -0.2) is 14.8 Å². The van der Waals surface area contributed by atoms with Gasteiger partial charge in [-0.1, -0.05) is 17.7 Å². The first-order valence-corrected chi connectivity index (χ1v) is 6.10. The Labute approximate surface area is 120 Å². The average Bonchev–Trinajstić information content (AvgIpc) is 2.47. The van der Waals surface area contributed by atoms with Crippen LogP contribution in [0.4, 0.5) is 5.82 Å². The number of ether oxygens (including phenoxy) is 1. The summed E-state index contributed by atoms with van der Waals surface area (Å²) in [5, 5.41) is 11.3. The van der Waals surface area contributed by atoms with Gasteiger partial charge < -0.3 is 15.2 Å². The fraction of sp³-hybridized carbons (Fsp3) is 0.143. The van der Waals surface area contributed by atoms with Crippen molar-refractivity contribution in [2.24, 2.45) is 0 Å². The van der Waals surface area contributed by atoms with Crippen LogP contribution >= 0.6 is 0 Å². The molecule has 0 aliphatic rings. The third-order valence-electron chi connectivity index (χ3n) is 2.55. The number of carboxylic acids is 1. The van der Waals surface area contributed by atoms with E-state index in [4.69, 9.17) is 9.84 Å². The Balaban J connectivity index is 1.96. The van der Waals surface area contributed by atoms with E-state index in [9.17, 15) is 9.59 Å². The molecule has 1 amide bonds. The molecule has 0 atom stereocenters. The molecule has 7 nitrogen and oxygen atoms in total. The highest BCUT2D eigenvalue weighted by molar-refractivity contribution is 5.98. The number of rotatable bonds is 5. The van der Waals surface area contributed by atoms with Gasteiger partial charge in [0.25, 0.3) is 5.91 Å². The molecule has 2 N–H and O–H groups in total. The molecule has 2 rings (SSSR count). The Morgan fingerprint density at radius 1 is 1.19 bits per heavy atom. The summed E-state index contributed by atoms with van der Waals surface area (Å²) in [6.45, 7) is 1.69. The summed E-state index contributed by atoms with van der Waals surface area (Å²) in [5.41, 5.74) is 0.763. The summed E-state index contributed by atoms with van der Waals surface area (Å²) >= 11 is 0. The van der Waals surface area contributed by atoms with Crippen LogP contribution in [0.1, 0.15) is 16.1 Å². The van der Waals surface area contributed by atoms with Crippen molar-refractivity contribution in [3.8, 4) is 5.75 Å². The lowest BCUT2D eigenvalue weighted by Crippen LogP contribution is -2.22. The van der Waals surface area contributed by atoms with Gasteiger partial charge in [-0.05, 0) is 19.1 Å². The molecule has 0 spiro atoms. The first kappa shape index (κ1) is 14.4. The zero-order chi connectivity index (χ0) is 15.2. The van der Waals surface area contributed by atoms with Gasteiger partial charge in [0.05, 0.1) is 0 Å². The third-order valence-corrected chi connectivity index (χ3v) is 2.55. The van der Waals surface area contributed by atoms with Gasteiger partial charge in [0.15, 0.2) is 18.1 Å². The first-order chi connectivity index (χ1) is 10.1. The van der Waals surface area contributed by atoms with Crippen LogP contribution in [0.3, 0.4) is 0 Å². The van der Waals surface area contributed by atoms with Crippen molar-refractivity contribution in [2.45, 2.75) is 6.92 Å². The van der Waals surface area contributed by atoms with Gasteiger partial charge in [0.2, 0.25) is 0 Å². The van der Waals surface area contributed by atoms with Crippen molar-refractivity contribution in [3.63, 3.8) is 0 Å². The molecule has 7 heteroatoms. The number of hydrogen-bond donors (Lipinski definition) is 2. The van der Waals surface area contributed by atoms with Crippen molar-refractivity contribution in [1.29, 1.82) is 0 Å². The molecule has 2 aromatic rings. The standard InChI is InChI=1S/C14H13N3O4/c1-9-2-4-10(5-3-9)21-8-11(18)17-13-12(14(19)20)15-6-7-16-13/h2-7H,8H2,1H3,(H,19,20)(H,16,17,18). The lowest BCUT2D eigenvalue weighted by molar-refractivity contribution is -0.118. The number of aryl methyl sites for hydroxylation is 1. The maximum atomic E-state index is 11.7. The highest BCUT2D eigenvalue weighted by atomic mass is 16.5. The van der Waals surface area contributed by atoms with Crippen molar-refractivity contribution in [1.82, 2.24) is 9.97 Å². The molecule has 0 radical (unpaired) electrons. The van der Waals surface area contributed by atoms with Crippen LogP contribution in [-0.4, -0.2) is 33.6 Å². The van der Waals surface area contributed by atoms with E-state index < -0.39 is 11.9 Å². The first-order valence-electron chi connectivity index (χ1n) is 6.10. The maximum absolute atomic E-state index is 11.7. The summed E-state index contributed by atoms with van der Waals surface area (Å²) in [6, 6.07) is 7.21. The number of aromatic carboxylic acids is 1. The van der Waals surface area contributed by atoms with E-state index >= 15 is 0 Å². The number of anilines is 1. The maximum Gasteiger partial charge on any atom is 0.358 e. The number of nitrogens with one attached hydrogen (secondary N) is 1. The van der Waals surface area contributed by atoms with Gasteiger partial charge in [-0.3, -0.25) is 4.79 Å². The monoisotopic (exact) mass is 287 g/mol. The summed E-state index contributed by atoms with van der Waals surface area (Å²) in [7, 11) is 0. The van der Waals surface area contributed by atoms with Crippen LogP contribution < -0.4 is 10.1 Å². The number of benzene rings is 1. The molecule has 0 aliphatic carbocycles. The van der Waals surface area contributed by atoms with E-state index in [1.807, 2.05) is 19.1 Å². The van der Waals surface area contributed by atoms with Gasteiger partial charge in [-0.15, -0.1) is 0 Å². The molecule has 21 heavy (non-hydrogen) atoms. The number of nitrogens with zero attached hydrogens (tertiary/aromatic N) is 2. The van der Waals surface area contributed by atoms with Crippen molar-refractivity contribution < 1.29 is 19.4 Å². The number of hydrogen-bond acceptors (Lipinski definition) is 5. The number of aromatic nitrogens is 2. The van der Waals surface area contributed by atoms with E-state index in [2.05, 4.69) is 15.3 Å². The van der Waals surface area contributed by atoms with E-state index in [0.717, 1.165) is 5.56 Å². The van der Waals surface area contributed by atoms with E-state index in [1.54, 1.807) is 12.1 Å². The minimum Gasteiger partial charge on any atom is -0.484 e. The Morgan fingerprint density at radius 2 is 1.86 bits per heavy atom. The largest absolute Gasteiger partial charge is 0.484 e. The predicted octanol–water partition coefficient (Wildman–Crippen LogP) is 1.50. The highest BCUT2D eigenvalue weighted by Gasteiger charge is 2.15. The van der Waals surface area contributed by atoms with Crippen LogP contribution in [-0.2, 0) is 4.79 Å². The highest BCUT2D eigenvalue weighted by Crippen LogP contribution is 2.12. The molecule has 0 saturated heterocycles. The van der Waals surface area contributed by atoms with E-state index in [1.165, 1.54) is 12.4 Å². The molecule has 0 unspecified atom stereocenters. The van der Waals surface area contributed by atoms with Gasteiger partial charge in [0.1, 0.15) is 5.75 Å². The Hall–Kier alpha value is -2.96. The van der Waals surface area contributed by atoms with Crippen LogP contribution in [0.25, 0.3) is 0 Å². The van der Waals surface area contributed by atoms with Crippen molar-refractivity contribution >= 4 is 17.7 Å². The lowest BCUT2D eigenvalue weighted by atomic mass is 10.2.